The molecule has 0 radical (unpaired) electrons. The van der Waals surface area contributed by atoms with Crippen LogP contribution in [0.5, 0.6) is 0 Å². The summed E-state index contributed by atoms with van der Waals surface area (Å²) in [6.45, 7) is 68.1. The highest BCUT2D eigenvalue weighted by Crippen LogP contribution is 2.40. The minimum Gasteiger partial charge on any atom is -0.379 e. The summed E-state index contributed by atoms with van der Waals surface area (Å²) in [5.74, 6) is 0.139. The maximum Gasteiger partial charge on any atom is 0.256 e. The van der Waals surface area contributed by atoms with Crippen molar-refractivity contribution in [2.24, 2.45) is 17.3 Å². The van der Waals surface area contributed by atoms with Gasteiger partial charge in [-0.15, -0.1) is 0 Å². The third-order valence-corrected chi connectivity index (χ3v) is 30.0. The van der Waals surface area contributed by atoms with Gasteiger partial charge in [-0.3, -0.25) is 48.2 Å². The number of nitrogens with one attached hydrogen (secondary N) is 1. The zero-order chi connectivity index (χ0) is 107. The first-order chi connectivity index (χ1) is 69.2. The number of nitrogens with zero attached hydrogens (tertiary/aromatic N) is 10. The number of benzene rings is 7. The van der Waals surface area contributed by atoms with Gasteiger partial charge < -0.3 is 58.7 Å². The number of hydrogen-bond acceptors (Lipinski definition) is 15. The van der Waals surface area contributed by atoms with Gasteiger partial charge in [0.05, 0.1) is 64.0 Å². The topological polar surface area (TPSA) is 209 Å². The Bertz CT molecular complexity index is 5370. The molecule has 7 aromatic rings. The van der Waals surface area contributed by atoms with E-state index in [0.717, 1.165) is 165 Å². The molecule has 9 aliphatic heterocycles. The minimum atomic E-state index is -0.441. The lowest BCUT2D eigenvalue weighted by molar-refractivity contribution is -0.145. The fourth-order valence-corrected chi connectivity index (χ4v) is 20.3. The molecule has 16 rings (SSSR count). The first-order valence-electron chi connectivity index (χ1n) is 54.7. The number of morpholine rings is 3. The van der Waals surface area contributed by atoms with Crippen LogP contribution in [0.2, 0.25) is 0 Å². The molecule has 0 aliphatic carbocycles. The van der Waals surface area contributed by atoms with Crippen molar-refractivity contribution < 1.29 is 57.0 Å². The van der Waals surface area contributed by atoms with Crippen LogP contribution >= 0.6 is 0 Å². The molecule has 22 nitrogen and oxygen atoms in total. The van der Waals surface area contributed by atoms with Gasteiger partial charge in [0.25, 0.3) is 23.6 Å². The first-order valence-corrected chi connectivity index (χ1v) is 54.7. The summed E-state index contributed by atoms with van der Waals surface area (Å²) in [6.07, 6.45) is 12.3. The maximum atomic E-state index is 14.1. The van der Waals surface area contributed by atoms with E-state index in [-0.39, 0.29) is 96.6 Å². The number of piperidine rings is 4. The van der Waals surface area contributed by atoms with Crippen LogP contribution < -0.4 is 5.32 Å². The summed E-state index contributed by atoms with van der Waals surface area (Å²) < 4.78 is 29.9. The van der Waals surface area contributed by atoms with Crippen LogP contribution in [0.1, 0.15) is 307 Å². The average Bonchev–Trinajstić information content (AvgIpc) is 1.24. The highest BCUT2D eigenvalue weighted by Gasteiger charge is 2.41. The maximum absolute atomic E-state index is 14.1. The number of carbonyl (C=O) groups is 8. The Morgan fingerprint density at radius 3 is 1.23 bits per heavy atom. The molecule has 9 saturated heterocycles. The highest BCUT2D eigenvalue weighted by molar-refractivity contribution is 5.99. The number of halogens is 1. The molecule has 8 amide bonds. The van der Waals surface area contributed by atoms with Gasteiger partial charge in [0.15, 0.2) is 0 Å². The smallest absolute Gasteiger partial charge is 0.256 e. The van der Waals surface area contributed by atoms with Gasteiger partial charge in [-0.1, -0.05) is 261 Å². The van der Waals surface area contributed by atoms with Crippen LogP contribution in [0, 0.1) is 23.1 Å². The largest absolute Gasteiger partial charge is 0.379 e. The summed E-state index contributed by atoms with van der Waals surface area (Å²) in [5, 5.41) is 3.08. The molecule has 0 aromatic heterocycles. The summed E-state index contributed by atoms with van der Waals surface area (Å²) in [4.78, 5) is 120. The van der Waals surface area contributed by atoms with E-state index in [1.165, 1.54) is 95.1 Å². The Labute approximate surface area is 883 Å². The van der Waals surface area contributed by atoms with Crippen LogP contribution in [-0.2, 0) is 90.6 Å². The lowest BCUT2D eigenvalue weighted by Gasteiger charge is -2.47. The van der Waals surface area contributed by atoms with Crippen LogP contribution in [-0.4, -0.2) is 294 Å². The van der Waals surface area contributed by atoms with Crippen molar-refractivity contribution in [3.63, 3.8) is 0 Å². The van der Waals surface area contributed by atoms with Crippen molar-refractivity contribution in [3.05, 3.63) is 247 Å². The average molecular weight is 2020 g/mol. The van der Waals surface area contributed by atoms with Crippen molar-refractivity contribution in [1.82, 2.24) is 54.3 Å². The number of amides is 8. The highest BCUT2D eigenvalue weighted by atomic mass is 19.1. The van der Waals surface area contributed by atoms with E-state index < -0.39 is 5.82 Å². The predicted octanol–water partition coefficient (Wildman–Crippen LogP) is 20.1. The molecule has 9 heterocycles. The minimum absolute atomic E-state index is 0.0318. The normalized spacial score (nSPS) is 19.7. The fraction of sp³-hybridized carbons (Fsp3) is 0.597. The van der Waals surface area contributed by atoms with E-state index in [1.807, 2.05) is 97.3 Å². The van der Waals surface area contributed by atoms with E-state index >= 15 is 0 Å². The zero-order valence-corrected chi connectivity index (χ0v) is 94.4. The number of hydrogen-bond donors (Lipinski definition) is 1. The van der Waals surface area contributed by atoms with E-state index in [4.69, 9.17) is 14.2 Å². The van der Waals surface area contributed by atoms with E-state index in [1.54, 1.807) is 15.9 Å². The Morgan fingerprint density at radius 1 is 0.367 bits per heavy atom. The van der Waals surface area contributed by atoms with Gasteiger partial charge in [0.2, 0.25) is 23.6 Å². The van der Waals surface area contributed by atoms with Crippen molar-refractivity contribution in [2.45, 2.75) is 267 Å². The van der Waals surface area contributed by atoms with Gasteiger partial charge in [-0.05, 0) is 246 Å². The van der Waals surface area contributed by atoms with Gasteiger partial charge in [-0.25, -0.2) is 4.39 Å². The molecule has 1 spiro atoms. The number of rotatable bonds is 14. The summed E-state index contributed by atoms with van der Waals surface area (Å²) >= 11 is 0. The molecular weight excluding hydrogens is 1840 g/mol. The van der Waals surface area contributed by atoms with Crippen LogP contribution in [0.4, 0.5) is 4.39 Å². The molecule has 147 heavy (non-hydrogen) atoms. The second-order valence-corrected chi connectivity index (χ2v) is 49.6. The third-order valence-electron chi connectivity index (χ3n) is 30.0. The van der Waals surface area contributed by atoms with Crippen LogP contribution in [0.3, 0.4) is 0 Å². The Balaban J connectivity index is 0.000000176. The molecule has 9 aliphatic rings. The van der Waals surface area contributed by atoms with Gasteiger partial charge in [-0.2, -0.15) is 0 Å². The van der Waals surface area contributed by atoms with Gasteiger partial charge >= 0.3 is 0 Å². The summed E-state index contributed by atoms with van der Waals surface area (Å²) in [5.41, 5.74) is 15.7. The second kappa shape index (κ2) is 54.2. The van der Waals surface area contributed by atoms with E-state index in [9.17, 15) is 42.7 Å². The van der Waals surface area contributed by atoms with Gasteiger partial charge in [0, 0.05) is 153 Å². The van der Waals surface area contributed by atoms with Crippen molar-refractivity contribution >= 4 is 47.3 Å². The van der Waals surface area contributed by atoms with E-state index in [0.29, 0.717) is 95.3 Å². The Morgan fingerprint density at radius 2 is 0.776 bits per heavy atom. The second-order valence-electron chi connectivity index (χ2n) is 49.6. The van der Waals surface area contributed by atoms with E-state index in [2.05, 4.69) is 261 Å². The summed E-state index contributed by atoms with van der Waals surface area (Å²) in [7, 11) is 6.47. The molecule has 7 aromatic carbocycles. The quantitative estimate of drug-likeness (QED) is 0.100. The predicted molar refractivity (Wildman–Crippen MR) is 594 cm³/mol. The fourth-order valence-electron chi connectivity index (χ4n) is 20.3. The lowest BCUT2D eigenvalue weighted by atomic mass is 9.74. The molecule has 806 valence electrons. The molecule has 3 unspecified atom stereocenters. The van der Waals surface area contributed by atoms with Crippen molar-refractivity contribution in [2.75, 3.05) is 198 Å². The third kappa shape index (κ3) is 37.6. The summed E-state index contributed by atoms with van der Waals surface area (Å²) in [6, 6.07) is 54.7. The molecule has 0 saturated carbocycles. The lowest BCUT2D eigenvalue weighted by Crippen LogP contribution is -2.52. The number of ether oxygens (including phenoxy) is 3. The molecule has 9 fully saturated rings. The standard InChI is InChI=1S/C21H28N2O3.C21H32N2O.C18H28N2O.C17H26N2O.C16H23NO2.C16H25NO.C15H20FNO2/c1-21(2,3)17-10-8-15(9-11-17)19(25)22-12-4-6-16(14-22)20(26)23-13-5-7-18(23)24;1-20(2,3)18-9-7-17(8-10-18)19(24)23-14-6-12-21(16-23)11-5-13-22(4)15-21;1-18(2,3)16-9-7-15(8-10-16)17(21)19-12-14-6-5-11-20(4)13-14;1-17(2,3)15-7-5-6-14(12-15)13-16(20)19-10-8-18(4)9-11-19;1-16(2,3)14-6-4-5-13(11-14)12-15(18)17-7-9-19-10-8-17;1-16(2,3)15-6-4-5-14(13-15)7-8-17-9-11-18-12-10-17;1-15(2,3)11-4-5-12(13(16)10-11)14(18)17-6-8-19-9-7-17/h8-11,16H,4-7,12-14H2,1-3H3;7-10H,5-6,11-16H2,1-4H3;7-10,14H,5-6,11-13H2,1-4H3,(H,19,21);5-7,12H,8-11,13H2,1-4H3;4-6,11H,7-10,12H2,1-3H3;4-6,13H,7-12H2,1-3H3;4-5,10H,6-9H2,1-3H3. The molecule has 1 N–H and O–H groups in total. The molecule has 3 atom stereocenters. The number of likely N-dealkylation sites (tertiary alicyclic amines) is 5. The number of piperazine rings is 1. The Kier molecular flexibility index (Phi) is 43.9. The zero-order valence-electron chi connectivity index (χ0n) is 94.4. The van der Waals surface area contributed by atoms with Crippen molar-refractivity contribution in [3.8, 4) is 0 Å². The van der Waals surface area contributed by atoms with Crippen LogP contribution in [0.25, 0.3) is 0 Å². The number of likely N-dealkylation sites (N-methyl/N-ethyl adjacent to an activating group) is 1. The number of carbonyl (C=O) groups excluding carboxylic acids is 8. The van der Waals surface area contributed by atoms with Crippen molar-refractivity contribution in [1.29, 1.82) is 0 Å². The van der Waals surface area contributed by atoms with Crippen LogP contribution in [0.15, 0.2) is 164 Å². The molecule has 23 heteroatoms. The van der Waals surface area contributed by atoms with Gasteiger partial charge in [0.1, 0.15) is 5.82 Å². The first kappa shape index (κ1) is 119. The monoisotopic (exact) mass is 2020 g/mol. The molecule has 0 bridgehead atoms. The SMILES string of the molecule is CC(C)(C)c1ccc(C(=O)N2CCCC(C(=O)N3CCCC3=O)C2)cc1.CC(C)(C)c1ccc(C(=O)N2CCOCC2)c(F)c1.CC(C)(C)c1cccc(CC(=O)N2CCOCC2)c1.CC(C)(C)c1cccc(CCN2CCOCC2)c1.CN1CCCC(CNC(=O)c2ccc(C(C)(C)C)cc2)C1.CN1CCCC2(CCCN(C(=O)c3ccc(C(C)(C)C)cc3)C2)C1.CN1CCN(C(=O)Cc2cccc(C(C)(C)C)c2)CC1. The molecular formula is C124H182FN11O11. The number of imide groups is 1. The Hall–Kier alpha value is -9.85.